The second-order valence-corrected chi connectivity index (χ2v) is 15.4. The predicted molar refractivity (Wildman–Crippen MR) is 185 cm³/mol. The van der Waals surface area contributed by atoms with Gasteiger partial charge in [0.1, 0.15) is 0 Å². The van der Waals surface area contributed by atoms with Crippen LogP contribution < -0.4 is 24.6 Å². The number of rotatable bonds is 8. The molecule has 2 saturated carbocycles. The Morgan fingerprint density at radius 1 is 0.979 bits per heavy atom. The number of thioether (sulfide) groups is 1. The molecule has 3 amide bonds. The van der Waals surface area contributed by atoms with E-state index in [-0.39, 0.29) is 64.0 Å². The highest BCUT2D eigenvalue weighted by Gasteiger charge is 2.69. The zero-order valence-electron chi connectivity index (χ0n) is 26.1. The average molecular weight is 702 g/mol. The van der Waals surface area contributed by atoms with Gasteiger partial charge in [-0.2, -0.15) is 0 Å². The molecular formula is C36H32ClN3O6S2. The van der Waals surface area contributed by atoms with Crippen LogP contribution in [0.4, 0.5) is 11.4 Å². The van der Waals surface area contributed by atoms with Crippen molar-refractivity contribution in [3.63, 3.8) is 0 Å². The molecule has 1 aromatic heterocycles. The number of benzene rings is 3. The smallest absolute Gasteiger partial charge is 0.305 e. The van der Waals surface area contributed by atoms with Gasteiger partial charge in [0.05, 0.1) is 29.2 Å². The van der Waals surface area contributed by atoms with Crippen LogP contribution in [-0.4, -0.2) is 41.2 Å². The summed E-state index contributed by atoms with van der Waals surface area (Å²) in [6.45, 7) is 4.00. The number of amides is 3. The quantitative estimate of drug-likeness (QED) is 0.202. The van der Waals surface area contributed by atoms with Crippen molar-refractivity contribution in [3.8, 4) is 11.5 Å². The van der Waals surface area contributed by atoms with Crippen LogP contribution in [-0.2, 0) is 14.4 Å². The summed E-state index contributed by atoms with van der Waals surface area (Å²) in [5, 5.41) is 4.31. The molecule has 2 aliphatic carbocycles. The molecule has 2 N–H and O–H groups in total. The fourth-order valence-electron chi connectivity index (χ4n) is 8.38. The maximum atomic E-state index is 14.0. The second kappa shape index (κ2) is 12.1. The fourth-order valence-corrected chi connectivity index (χ4v) is 11.4. The summed E-state index contributed by atoms with van der Waals surface area (Å²) in [6, 6.07) is 20.1. The third-order valence-electron chi connectivity index (χ3n) is 10.2. The van der Waals surface area contributed by atoms with E-state index >= 15 is 0 Å². The first-order chi connectivity index (χ1) is 23.2. The van der Waals surface area contributed by atoms with Crippen LogP contribution in [0.3, 0.4) is 0 Å². The van der Waals surface area contributed by atoms with E-state index in [0.29, 0.717) is 28.8 Å². The van der Waals surface area contributed by atoms with E-state index < -0.39 is 5.92 Å². The molecule has 0 spiro atoms. The molecule has 4 aromatic rings. The van der Waals surface area contributed by atoms with Crippen molar-refractivity contribution in [2.45, 2.75) is 36.5 Å². The van der Waals surface area contributed by atoms with Gasteiger partial charge in [0.2, 0.25) is 11.8 Å². The van der Waals surface area contributed by atoms with E-state index in [4.69, 9.17) is 21.1 Å². The number of thiazole rings is 1. The SMILES string of the molecule is CCOc1cc([C@@H]2c3sc(=O)[nH]c3S[C@@H]3[C@@H]4C[C@@H]([C@@H]5C(=O)N(c6ccc(Cl)cc6)C(=O)[C@@H]45)[C@H]23)ccc1OCC(=O)Nc1ccccc1C. The number of nitrogens with one attached hydrogen (secondary N) is 2. The topological polar surface area (TPSA) is 118 Å². The molecule has 246 valence electrons. The van der Waals surface area contributed by atoms with E-state index in [2.05, 4.69) is 10.3 Å². The molecule has 0 radical (unpaired) electrons. The molecule has 3 heterocycles. The lowest BCUT2D eigenvalue weighted by Gasteiger charge is -2.43. The molecule has 12 heteroatoms. The number of hydrogen-bond donors (Lipinski definition) is 2. The lowest BCUT2D eigenvalue weighted by atomic mass is 9.68. The van der Waals surface area contributed by atoms with E-state index in [1.165, 1.54) is 16.2 Å². The number of para-hydroxylation sites is 1. The number of halogens is 1. The summed E-state index contributed by atoms with van der Waals surface area (Å²) in [4.78, 5) is 58.6. The zero-order chi connectivity index (χ0) is 33.3. The number of carbonyl (C=O) groups is 3. The van der Waals surface area contributed by atoms with Crippen LogP contribution in [0.1, 0.15) is 35.3 Å². The van der Waals surface area contributed by atoms with Crippen molar-refractivity contribution in [2.24, 2.45) is 29.6 Å². The highest BCUT2D eigenvalue weighted by atomic mass is 35.5. The maximum Gasteiger partial charge on any atom is 0.305 e. The van der Waals surface area contributed by atoms with Gasteiger partial charge in [0, 0.05) is 26.8 Å². The van der Waals surface area contributed by atoms with Crippen molar-refractivity contribution >= 4 is 63.8 Å². The zero-order valence-corrected chi connectivity index (χ0v) is 28.5. The Morgan fingerprint density at radius 3 is 2.48 bits per heavy atom. The van der Waals surface area contributed by atoms with Crippen LogP contribution in [0.25, 0.3) is 0 Å². The Balaban J connectivity index is 1.10. The van der Waals surface area contributed by atoms with Gasteiger partial charge in [-0.05, 0) is 91.6 Å². The van der Waals surface area contributed by atoms with Crippen LogP contribution in [0.5, 0.6) is 11.5 Å². The first-order valence-corrected chi connectivity index (χ1v) is 18.1. The normalized spacial score (nSPS) is 26.6. The number of imide groups is 1. The lowest BCUT2D eigenvalue weighted by Crippen LogP contribution is -2.42. The minimum Gasteiger partial charge on any atom is -0.490 e. The van der Waals surface area contributed by atoms with E-state index in [0.717, 1.165) is 33.1 Å². The number of aromatic amines is 1. The number of fused-ring (bicyclic) bond motifs is 9. The molecule has 3 fully saturated rings. The summed E-state index contributed by atoms with van der Waals surface area (Å²) in [7, 11) is 0. The number of ether oxygens (including phenoxy) is 2. The second-order valence-electron chi connectivity index (χ2n) is 12.7. The lowest BCUT2D eigenvalue weighted by molar-refractivity contribution is -0.123. The number of anilines is 2. The summed E-state index contributed by atoms with van der Waals surface area (Å²) in [6.07, 6.45) is 0.786. The van der Waals surface area contributed by atoms with Gasteiger partial charge < -0.3 is 19.8 Å². The minimum atomic E-state index is -0.416. The summed E-state index contributed by atoms with van der Waals surface area (Å²) in [5.41, 5.74) is 3.17. The summed E-state index contributed by atoms with van der Waals surface area (Å²) >= 11 is 8.95. The van der Waals surface area contributed by atoms with Gasteiger partial charge in [0.15, 0.2) is 18.1 Å². The van der Waals surface area contributed by atoms with E-state index in [1.807, 2.05) is 56.3 Å². The number of aromatic nitrogens is 1. The summed E-state index contributed by atoms with van der Waals surface area (Å²) in [5.74, 6) is -0.635. The molecule has 9 nitrogen and oxygen atoms in total. The maximum absolute atomic E-state index is 14.0. The third kappa shape index (κ3) is 5.05. The van der Waals surface area contributed by atoms with Crippen LogP contribution in [0.2, 0.25) is 5.02 Å². The number of H-pyrrole nitrogens is 1. The molecule has 1 saturated heterocycles. The Bertz CT molecular complexity index is 2010. The van der Waals surface area contributed by atoms with Gasteiger partial charge >= 0.3 is 4.87 Å². The van der Waals surface area contributed by atoms with E-state index in [9.17, 15) is 19.2 Å². The van der Waals surface area contributed by atoms with Gasteiger partial charge in [-0.25, -0.2) is 0 Å². The van der Waals surface area contributed by atoms with Crippen molar-refractivity contribution < 1.29 is 23.9 Å². The van der Waals surface area contributed by atoms with Crippen molar-refractivity contribution in [2.75, 3.05) is 23.4 Å². The van der Waals surface area contributed by atoms with Gasteiger partial charge in [0.25, 0.3) is 5.91 Å². The van der Waals surface area contributed by atoms with Gasteiger partial charge in [-0.15, -0.1) is 11.8 Å². The highest BCUT2D eigenvalue weighted by molar-refractivity contribution is 8.00. The molecule has 2 aliphatic heterocycles. The molecule has 0 unspecified atom stereocenters. The first-order valence-electron chi connectivity index (χ1n) is 16.0. The minimum absolute atomic E-state index is 0.00327. The standard InChI is InChI=1S/C36H32ClN3O6S2/c1-3-45-25-14-18(8-13-24(25)46-16-26(41)38-23-7-5-4-6-17(23)2)27-28-21-15-22(31(28)47-33-32(27)48-36(44)39-33)30-29(21)34(42)40(35(30)43)20-11-9-19(37)10-12-20/h4-14,21-22,27-31H,3,15-16H2,1-2H3,(H,38,41)(H,39,44)/t21-,22-,27+,28-,29+,30+,31-/m1/s1. The molecular weight excluding hydrogens is 670 g/mol. The van der Waals surface area contributed by atoms with E-state index in [1.54, 1.807) is 36.0 Å². The Hall–Kier alpha value is -4.06. The number of aryl methyl sites for hydroxylation is 1. The Morgan fingerprint density at radius 2 is 1.73 bits per heavy atom. The number of nitrogens with zero attached hydrogens (tertiary/aromatic N) is 1. The largest absolute Gasteiger partial charge is 0.490 e. The molecule has 3 aromatic carbocycles. The molecule has 2 bridgehead atoms. The van der Waals surface area contributed by atoms with Crippen LogP contribution in [0.15, 0.2) is 76.6 Å². The molecule has 4 aliphatic rings. The van der Waals surface area contributed by atoms with Crippen LogP contribution in [0, 0.1) is 36.5 Å². The molecule has 8 rings (SSSR count). The summed E-state index contributed by atoms with van der Waals surface area (Å²) < 4.78 is 12.0. The molecule has 48 heavy (non-hydrogen) atoms. The Labute approximate surface area is 290 Å². The van der Waals surface area contributed by atoms with Crippen molar-refractivity contribution in [1.29, 1.82) is 0 Å². The number of hydrogen-bond acceptors (Lipinski definition) is 8. The van der Waals surface area contributed by atoms with Crippen molar-refractivity contribution in [3.05, 3.63) is 97.4 Å². The number of carbonyl (C=O) groups excluding carboxylic acids is 3. The predicted octanol–water partition coefficient (Wildman–Crippen LogP) is 6.49. The van der Waals surface area contributed by atoms with Gasteiger partial charge in [-0.1, -0.05) is 47.2 Å². The molecule has 7 atom stereocenters. The van der Waals surface area contributed by atoms with Crippen molar-refractivity contribution in [1.82, 2.24) is 4.98 Å². The first kappa shape index (κ1) is 31.2. The van der Waals surface area contributed by atoms with Crippen LogP contribution >= 0.6 is 34.7 Å². The Kier molecular flexibility index (Phi) is 7.88. The average Bonchev–Trinajstić information content (AvgIpc) is 3.81. The van der Waals surface area contributed by atoms with Gasteiger partial charge in [-0.3, -0.25) is 24.1 Å². The third-order valence-corrected chi connectivity index (χ3v) is 13.1. The monoisotopic (exact) mass is 701 g/mol. The highest BCUT2D eigenvalue weighted by Crippen LogP contribution is 2.68. The fraction of sp³-hybridized carbons (Fsp3) is 0.333.